The highest BCUT2D eigenvalue weighted by molar-refractivity contribution is 7.80. The molecule has 0 amide bonds. The van der Waals surface area contributed by atoms with Gasteiger partial charge in [-0.05, 0) is 66.8 Å². The van der Waals surface area contributed by atoms with Gasteiger partial charge in [-0.3, -0.25) is 4.79 Å². The summed E-state index contributed by atoms with van der Waals surface area (Å²) >= 11 is 5.49. The highest BCUT2D eigenvalue weighted by atomic mass is 32.1. The summed E-state index contributed by atoms with van der Waals surface area (Å²) in [5.41, 5.74) is 2.68. The smallest absolute Gasteiger partial charge is 0.253 e. The van der Waals surface area contributed by atoms with E-state index < -0.39 is 0 Å². The zero-order valence-electron chi connectivity index (χ0n) is 15.0. The SMILES string of the molecule is CCNC(=S)N(Cc1ccco1)Cc1cc2cc(CC)ccc2[nH]c1=O. The van der Waals surface area contributed by atoms with Crippen molar-refractivity contribution in [2.75, 3.05) is 6.54 Å². The number of rotatable bonds is 6. The minimum atomic E-state index is -0.0921. The van der Waals surface area contributed by atoms with Gasteiger partial charge >= 0.3 is 0 Å². The molecule has 0 fully saturated rings. The Morgan fingerprint density at radius 3 is 2.77 bits per heavy atom. The molecule has 3 aromatic rings. The molecule has 2 aromatic heterocycles. The Bertz CT molecular complexity index is 947. The molecule has 1 aromatic carbocycles. The Morgan fingerprint density at radius 1 is 1.23 bits per heavy atom. The average molecular weight is 369 g/mol. The Kier molecular flexibility index (Phi) is 5.73. The van der Waals surface area contributed by atoms with Crippen LogP contribution >= 0.6 is 12.2 Å². The molecule has 2 heterocycles. The van der Waals surface area contributed by atoms with Crippen LogP contribution in [0.1, 0.15) is 30.7 Å². The molecule has 136 valence electrons. The van der Waals surface area contributed by atoms with Crippen LogP contribution in [0.3, 0.4) is 0 Å². The van der Waals surface area contributed by atoms with Gasteiger partial charge in [0.25, 0.3) is 5.56 Å². The van der Waals surface area contributed by atoms with Crippen molar-refractivity contribution in [3.05, 3.63) is 69.9 Å². The second-order valence-corrected chi connectivity index (χ2v) is 6.56. The number of hydrogen-bond acceptors (Lipinski definition) is 3. The molecule has 0 radical (unpaired) electrons. The molecule has 0 atom stereocenters. The van der Waals surface area contributed by atoms with Gasteiger partial charge in [0.1, 0.15) is 5.76 Å². The van der Waals surface area contributed by atoms with E-state index in [-0.39, 0.29) is 5.56 Å². The fraction of sp³-hybridized carbons (Fsp3) is 0.300. The van der Waals surface area contributed by atoms with E-state index in [0.29, 0.717) is 23.8 Å². The summed E-state index contributed by atoms with van der Waals surface area (Å²) in [5, 5.41) is 4.79. The molecule has 0 saturated heterocycles. The number of aryl methyl sites for hydroxylation is 1. The molecule has 0 spiro atoms. The molecule has 0 saturated carbocycles. The van der Waals surface area contributed by atoms with Crippen molar-refractivity contribution in [1.82, 2.24) is 15.2 Å². The number of pyridine rings is 1. The molecule has 6 heteroatoms. The highest BCUT2D eigenvalue weighted by Crippen LogP contribution is 2.16. The van der Waals surface area contributed by atoms with Gasteiger partial charge in [0, 0.05) is 17.6 Å². The molecule has 0 bridgehead atoms. The number of aromatic nitrogens is 1. The van der Waals surface area contributed by atoms with Crippen LogP contribution in [0.25, 0.3) is 10.9 Å². The number of H-pyrrole nitrogens is 1. The van der Waals surface area contributed by atoms with E-state index in [1.165, 1.54) is 5.56 Å². The Balaban J connectivity index is 1.92. The maximum atomic E-state index is 12.5. The molecular formula is C20H23N3O2S. The Labute approximate surface area is 158 Å². The maximum Gasteiger partial charge on any atom is 0.253 e. The maximum absolute atomic E-state index is 12.5. The summed E-state index contributed by atoms with van der Waals surface area (Å²) < 4.78 is 5.45. The monoisotopic (exact) mass is 369 g/mol. The van der Waals surface area contributed by atoms with Gasteiger partial charge in [-0.25, -0.2) is 0 Å². The lowest BCUT2D eigenvalue weighted by atomic mass is 10.1. The van der Waals surface area contributed by atoms with Crippen LogP contribution in [-0.4, -0.2) is 21.5 Å². The van der Waals surface area contributed by atoms with E-state index in [9.17, 15) is 4.79 Å². The number of benzene rings is 1. The predicted molar refractivity (Wildman–Crippen MR) is 108 cm³/mol. The largest absolute Gasteiger partial charge is 0.467 e. The summed E-state index contributed by atoms with van der Waals surface area (Å²) in [6.45, 7) is 5.75. The van der Waals surface area contributed by atoms with E-state index in [1.54, 1.807) is 6.26 Å². The first kappa shape index (κ1) is 18.2. The summed E-state index contributed by atoms with van der Waals surface area (Å²) in [6, 6.07) is 11.8. The number of aromatic amines is 1. The van der Waals surface area contributed by atoms with Crippen LogP contribution in [0.15, 0.2) is 51.9 Å². The first-order valence-electron chi connectivity index (χ1n) is 8.80. The summed E-state index contributed by atoms with van der Waals surface area (Å²) in [5.74, 6) is 0.802. The molecular weight excluding hydrogens is 346 g/mol. The minimum absolute atomic E-state index is 0.0921. The molecule has 2 N–H and O–H groups in total. The van der Waals surface area contributed by atoms with Crippen LogP contribution in [-0.2, 0) is 19.5 Å². The van der Waals surface area contributed by atoms with Gasteiger partial charge in [0.2, 0.25) is 0 Å². The van der Waals surface area contributed by atoms with Crippen LogP contribution in [0, 0.1) is 0 Å². The fourth-order valence-corrected chi connectivity index (χ4v) is 3.17. The van der Waals surface area contributed by atoms with E-state index in [2.05, 4.69) is 23.3 Å². The van der Waals surface area contributed by atoms with Crippen molar-refractivity contribution < 1.29 is 4.42 Å². The summed E-state index contributed by atoms with van der Waals surface area (Å²) in [7, 11) is 0. The molecule has 0 aliphatic heterocycles. The molecule has 0 aliphatic carbocycles. The molecule has 0 unspecified atom stereocenters. The second kappa shape index (κ2) is 8.19. The second-order valence-electron chi connectivity index (χ2n) is 6.17. The van der Waals surface area contributed by atoms with Gasteiger partial charge in [-0.2, -0.15) is 0 Å². The van der Waals surface area contributed by atoms with Gasteiger partial charge < -0.3 is 19.6 Å². The molecule has 26 heavy (non-hydrogen) atoms. The van der Waals surface area contributed by atoms with E-state index >= 15 is 0 Å². The first-order valence-corrected chi connectivity index (χ1v) is 9.21. The van der Waals surface area contributed by atoms with Crippen molar-refractivity contribution in [1.29, 1.82) is 0 Å². The molecule has 5 nitrogen and oxygen atoms in total. The van der Waals surface area contributed by atoms with Crippen LogP contribution in [0.2, 0.25) is 0 Å². The zero-order chi connectivity index (χ0) is 18.5. The molecule has 0 aliphatic rings. The highest BCUT2D eigenvalue weighted by Gasteiger charge is 2.15. The third-order valence-electron chi connectivity index (χ3n) is 4.30. The lowest BCUT2D eigenvalue weighted by Gasteiger charge is -2.24. The standard InChI is InChI=1S/C20H23N3O2S/c1-3-14-7-8-18-15(10-14)11-16(19(24)22-18)12-23(20(26)21-4-2)13-17-6-5-9-25-17/h5-11H,3-4,12-13H2,1-2H3,(H,21,26)(H,22,24). The molecule has 3 rings (SSSR count). The summed E-state index contributed by atoms with van der Waals surface area (Å²) in [6.07, 6.45) is 2.60. The Hall–Kier alpha value is -2.60. The van der Waals surface area contributed by atoms with Crippen LogP contribution in [0.4, 0.5) is 0 Å². The number of fused-ring (bicyclic) bond motifs is 1. The van der Waals surface area contributed by atoms with Gasteiger partial charge in [0.15, 0.2) is 5.11 Å². The quantitative estimate of drug-likeness (QED) is 0.651. The van der Waals surface area contributed by atoms with Crippen molar-refractivity contribution in [2.45, 2.75) is 33.4 Å². The van der Waals surface area contributed by atoms with E-state index in [4.69, 9.17) is 16.6 Å². The van der Waals surface area contributed by atoms with Crippen molar-refractivity contribution in [3.8, 4) is 0 Å². The van der Waals surface area contributed by atoms with Crippen molar-refractivity contribution in [3.63, 3.8) is 0 Å². The lowest BCUT2D eigenvalue weighted by molar-refractivity contribution is 0.351. The number of hydrogen-bond donors (Lipinski definition) is 2. The third-order valence-corrected chi connectivity index (χ3v) is 4.70. The number of nitrogens with one attached hydrogen (secondary N) is 2. The average Bonchev–Trinajstić information content (AvgIpc) is 3.14. The zero-order valence-corrected chi connectivity index (χ0v) is 15.9. The lowest BCUT2D eigenvalue weighted by Crippen LogP contribution is -2.39. The fourth-order valence-electron chi connectivity index (χ4n) is 2.90. The van der Waals surface area contributed by atoms with Gasteiger partial charge in [0.05, 0.1) is 19.4 Å². The van der Waals surface area contributed by atoms with E-state index in [1.807, 2.05) is 42.2 Å². The van der Waals surface area contributed by atoms with Crippen molar-refractivity contribution >= 4 is 28.2 Å². The first-order chi connectivity index (χ1) is 12.6. The predicted octanol–water partition coefficient (Wildman–Crippen LogP) is 3.58. The number of thiocarbonyl (C=S) groups is 1. The third kappa shape index (κ3) is 4.14. The normalized spacial score (nSPS) is 10.8. The van der Waals surface area contributed by atoms with Crippen LogP contribution < -0.4 is 10.9 Å². The van der Waals surface area contributed by atoms with E-state index in [0.717, 1.165) is 29.6 Å². The van der Waals surface area contributed by atoms with Crippen LogP contribution in [0.5, 0.6) is 0 Å². The van der Waals surface area contributed by atoms with Crippen molar-refractivity contribution in [2.24, 2.45) is 0 Å². The van der Waals surface area contributed by atoms with Gasteiger partial charge in [-0.15, -0.1) is 0 Å². The van der Waals surface area contributed by atoms with Gasteiger partial charge in [-0.1, -0.05) is 13.0 Å². The summed E-state index contributed by atoms with van der Waals surface area (Å²) in [4.78, 5) is 17.5. The number of furan rings is 1. The topological polar surface area (TPSA) is 61.3 Å². The Morgan fingerprint density at radius 2 is 2.08 bits per heavy atom. The minimum Gasteiger partial charge on any atom is -0.467 e. The number of nitrogens with zero attached hydrogens (tertiary/aromatic N) is 1.